The Morgan fingerprint density at radius 1 is 0.283 bits per heavy atom. The van der Waals surface area contributed by atoms with Gasteiger partial charge in [0.15, 0.2) is 0 Å². The van der Waals surface area contributed by atoms with Crippen LogP contribution in [-0.4, -0.2) is 0 Å². The van der Waals surface area contributed by atoms with Gasteiger partial charge in [0.25, 0.3) is 0 Å². The lowest BCUT2D eigenvalue weighted by Crippen LogP contribution is -2.10. The van der Waals surface area contributed by atoms with Crippen molar-refractivity contribution in [1.29, 1.82) is 0 Å². The van der Waals surface area contributed by atoms with E-state index in [1.54, 1.807) is 0 Å². The molecule has 11 aromatic rings. The highest BCUT2D eigenvalue weighted by Gasteiger charge is 2.20. The lowest BCUT2D eigenvalue weighted by atomic mass is 9.90. The minimum Gasteiger partial charge on any atom is -0.310 e. The van der Waals surface area contributed by atoms with E-state index in [1.807, 2.05) is 11.3 Å². The first-order chi connectivity index (χ1) is 29.8. The standard InChI is InChI=1S/C58H39NS/c1-4-16-41(17-5-1)48-37-35-47(39-54(48)44-20-8-3-9-21-44)59(56-28-14-23-43-22-10-11-24-50(43)56)46-33-30-40(31-34-46)45-32-36-49(42-18-6-2-7-19-42)55(38-45)53-27-15-26-52-51-25-12-13-29-57(51)60-58(52)53/h1-39H. The van der Waals surface area contributed by atoms with Crippen molar-refractivity contribution in [1.82, 2.24) is 0 Å². The van der Waals surface area contributed by atoms with Gasteiger partial charge in [0.2, 0.25) is 0 Å². The second-order valence-corrected chi connectivity index (χ2v) is 16.3. The molecule has 0 saturated heterocycles. The molecule has 1 nitrogen and oxygen atoms in total. The van der Waals surface area contributed by atoms with Crippen molar-refractivity contribution in [2.75, 3.05) is 4.90 Å². The highest BCUT2D eigenvalue weighted by molar-refractivity contribution is 7.26. The Kier molecular flexibility index (Phi) is 9.11. The fourth-order valence-corrected chi connectivity index (χ4v) is 10.0. The maximum atomic E-state index is 2.42. The lowest BCUT2D eigenvalue weighted by molar-refractivity contribution is 1.30. The third-order valence-corrected chi connectivity index (χ3v) is 12.9. The largest absolute Gasteiger partial charge is 0.310 e. The van der Waals surface area contributed by atoms with E-state index in [4.69, 9.17) is 0 Å². The van der Waals surface area contributed by atoms with Gasteiger partial charge in [0, 0.05) is 42.5 Å². The average Bonchev–Trinajstić information content (AvgIpc) is 3.72. The molecule has 1 aromatic heterocycles. The molecule has 0 unspecified atom stereocenters. The summed E-state index contributed by atoms with van der Waals surface area (Å²) in [5.74, 6) is 0. The summed E-state index contributed by atoms with van der Waals surface area (Å²) in [5, 5.41) is 5.03. The van der Waals surface area contributed by atoms with Crippen molar-refractivity contribution < 1.29 is 0 Å². The van der Waals surface area contributed by atoms with Crippen LogP contribution in [0.4, 0.5) is 17.1 Å². The maximum absolute atomic E-state index is 2.42. The molecular formula is C58H39NS. The summed E-state index contributed by atoms with van der Waals surface area (Å²) in [4.78, 5) is 2.42. The van der Waals surface area contributed by atoms with E-state index in [0.717, 1.165) is 17.1 Å². The number of hydrogen-bond acceptors (Lipinski definition) is 2. The molecule has 60 heavy (non-hydrogen) atoms. The van der Waals surface area contributed by atoms with Gasteiger partial charge in [-0.1, -0.05) is 194 Å². The first-order valence-electron chi connectivity index (χ1n) is 20.5. The van der Waals surface area contributed by atoms with E-state index in [9.17, 15) is 0 Å². The molecule has 0 fully saturated rings. The molecule has 0 amide bonds. The second kappa shape index (κ2) is 15.3. The Bertz CT molecular complexity index is 3290. The topological polar surface area (TPSA) is 3.24 Å². The van der Waals surface area contributed by atoms with Gasteiger partial charge in [-0.25, -0.2) is 0 Å². The molecule has 0 aliphatic heterocycles. The Hall–Kier alpha value is -7.52. The van der Waals surface area contributed by atoms with Crippen molar-refractivity contribution in [3.05, 3.63) is 237 Å². The minimum absolute atomic E-state index is 1.10. The van der Waals surface area contributed by atoms with Gasteiger partial charge in [-0.2, -0.15) is 0 Å². The van der Waals surface area contributed by atoms with E-state index in [2.05, 4.69) is 241 Å². The molecule has 0 radical (unpaired) electrons. The Balaban J connectivity index is 1.06. The zero-order valence-electron chi connectivity index (χ0n) is 32.9. The zero-order chi connectivity index (χ0) is 39.8. The van der Waals surface area contributed by atoms with Crippen molar-refractivity contribution >= 4 is 59.3 Å². The van der Waals surface area contributed by atoms with Gasteiger partial charge in [-0.05, 0) is 97.9 Å². The van der Waals surface area contributed by atoms with Crippen LogP contribution in [0.3, 0.4) is 0 Å². The highest BCUT2D eigenvalue weighted by atomic mass is 32.1. The summed E-state index contributed by atoms with van der Waals surface area (Å²) in [6, 6.07) is 86.1. The molecule has 2 heteroatoms. The Morgan fingerprint density at radius 3 is 1.55 bits per heavy atom. The molecule has 282 valence electrons. The lowest BCUT2D eigenvalue weighted by Gasteiger charge is -2.28. The van der Waals surface area contributed by atoms with Gasteiger partial charge < -0.3 is 4.90 Å². The van der Waals surface area contributed by atoms with Crippen LogP contribution in [0.2, 0.25) is 0 Å². The molecule has 11 rings (SSSR count). The van der Waals surface area contributed by atoms with Crippen LogP contribution in [0.5, 0.6) is 0 Å². The Labute approximate surface area is 354 Å². The van der Waals surface area contributed by atoms with Crippen molar-refractivity contribution in [3.63, 3.8) is 0 Å². The molecule has 10 aromatic carbocycles. The van der Waals surface area contributed by atoms with Gasteiger partial charge in [-0.3, -0.25) is 0 Å². The van der Waals surface area contributed by atoms with Crippen LogP contribution in [0.15, 0.2) is 237 Å². The van der Waals surface area contributed by atoms with Gasteiger partial charge in [0.1, 0.15) is 0 Å². The van der Waals surface area contributed by atoms with Crippen molar-refractivity contribution in [2.24, 2.45) is 0 Å². The number of benzene rings is 10. The molecule has 0 atom stereocenters. The molecular weight excluding hydrogens is 743 g/mol. The van der Waals surface area contributed by atoms with Crippen LogP contribution in [0.25, 0.3) is 86.6 Å². The van der Waals surface area contributed by atoms with E-state index >= 15 is 0 Å². The quantitative estimate of drug-likeness (QED) is 0.148. The number of thiophene rings is 1. The van der Waals surface area contributed by atoms with E-state index in [1.165, 1.54) is 86.6 Å². The van der Waals surface area contributed by atoms with E-state index in [0.29, 0.717) is 0 Å². The predicted octanol–water partition coefficient (Wildman–Crippen LogP) is 17.0. The fourth-order valence-electron chi connectivity index (χ4n) is 8.81. The number of nitrogens with zero attached hydrogens (tertiary/aromatic N) is 1. The van der Waals surface area contributed by atoms with Gasteiger partial charge in [0.05, 0.1) is 5.69 Å². The smallest absolute Gasteiger partial charge is 0.0540 e. The van der Waals surface area contributed by atoms with Gasteiger partial charge >= 0.3 is 0 Å². The van der Waals surface area contributed by atoms with Crippen molar-refractivity contribution in [2.45, 2.75) is 0 Å². The van der Waals surface area contributed by atoms with Crippen molar-refractivity contribution in [3.8, 4) is 55.6 Å². The minimum atomic E-state index is 1.10. The predicted molar refractivity (Wildman–Crippen MR) is 259 cm³/mol. The summed E-state index contributed by atoms with van der Waals surface area (Å²) >= 11 is 1.88. The molecule has 0 aliphatic rings. The number of hydrogen-bond donors (Lipinski definition) is 0. The van der Waals surface area contributed by atoms with Crippen LogP contribution < -0.4 is 4.90 Å². The summed E-state index contributed by atoms with van der Waals surface area (Å²) < 4.78 is 2.64. The van der Waals surface area contributed by atoms with Crippen LogP contribution in [0.1, 0.15) is 0 Å². The summed E-state index contributed by atoms with van der Waals surface area (Å²) in [7, 11) is 0. The molecule has 0 saturated carbocycles. The van der Waals surface area contributed by atoms with E-state index < -0.39 is 0 Å². The SMILES string of the molecule is c1ccc(-c2ccc(N(c3ccc(-c4ccc(-c5ccccc5)c(-c5cccc6c5sc5ccccc56)c4)cc3)c3cccc4ccccc34)cc2-c2ccccc2)cc1. The molecule has 0 spiro atoms. The normalized spacial score (nSPS) is 11.3. The average molecular weight is 782 g/mol. The third kappa shape index (κ3) is 6.44. The monoisotopic (exact) mass is 781 g/mol. The molecule has 0 N–H and O–H groups in total. The summed E-state index contributed by atoms with van der Waals surface area (Å²) in [6.07, 6.45) is 0. The van der Waals surface area contributed by atoms with Crippen LogP contribution in [-0.2, 0) is 0 Å². The first kappa shape index (κ1) is 35.6. The molecule has 0 aliphatic carbocycles. The first-order valence-corrected chi connectivity index (χ1v) is 21.3. The fraction of sp³-hybridized carbons (Fsp3) is 0. The van der Waals surface area contributed by atoms with E-state index in [-0.39, 0.29) is 0 Å². The number of rotatable bonds is 8. The van der Waals surface area contributed by atoms with Gasteiger partial charge in [-0.15, -0.1) is 11.3 Å². The Morgan fingerprint density at radius 2 is 0.817 bits per heavy atom. The highest BCUT2D eigenvalue weighted by Crippen LogP contribution is 2.46. The van der Waals surface area contributed by atoms with Crippen LogP contribution >= 0.6 is 11.3 Å². The zero-order valence-corrected chi connectivity index (χ0v) is 33.7. The number of fused-ring (bicyclic) bond motifs is 4. The molecule has 1 heterocycles. The third-order valence-electron chi connectivity index (χ3n) is 11.7. The van der Waals surface area contributed by atoms with Crippen LogP contribution in [0, 0.1) is 0 Å². The second-order valence-electron chi connectivity index (χ2n) is 15.2. The summed E-state index contributed by atoms with van der Waals surface area (Å²) in [5.41, 5.74) is 15.4. The maximum Gasteiger partial charge on any atom is 0.0540 e. The summed E-state index contributed by atoms with van der Waals surface area (Å²) in [6.45, 7) is 0. The number of anilines is 3. The molecule has 0 bridgehead atoms.